The maximum absolute atomic E-state index is 8.37. The van der Waals surface area contributed by atoms with Crippen molar-refractivity contribution < 1.29 is 9.47 Å². The minimum Gasteiger partial charge on any atom is -0.344 e. The zero-order chi connectivity index (χ0) is 12.8. The highest BCUT2D eigenvalue weighted by atomic mass is 16.8. The molecular weight excluding hydrogens is 236 g/mol. The van der Waals surface area contributed by atoms with Gasteiger partial charge in [0.2, 0.25) is 0 Å². The van der Waals surface area contributed by atoms with Crippen molar-refractivity contribution in [3.63, 3.8) is 0 Å². The number of nitrogens with zero attached hydrogens (tertiary/aromatic N) is 6. The Bertz CT molecular complexity index is 352. The van der Waals surface area contributed by atoms with Crippen LogP contribution >= 0.6 is 0 Å². The van der Waals surface area contributed by atoms with Crippen LogP contribution in [0.5, 0.6) is 0 Å². The molecule has 1 saturated heterocycles. The molecular formula is C10H16N6O2. The predicted molar refractivity (Wildman–Crippen MR) is 63.6 cm³/mol. The molecule has 98 valence electrons. The van der Waals surface area contributed by atoms with E-state index in [1.54, 1.807) is 0 Å². The number of hydrogen-bond acceptors (Lipinski definition) is 4. The van der Waals surface area contributed by atoms with E-state index >= 15 is 0 Å². The van der Waals surface area contributed by atoms with Gasteiger partial charge in [-0.25, -0.2) is 0 Å². The van der Waals surface area contributed by atoms with Gasteiger partial charge in [0.15, 0.2) is 5.79 Å². The first-order chi connectivity index (χ1) is 8.79. The van der Waals surface area contributed by atoms with E-state index in [0.29, 0.717) is 0 Å². The van der Waals surface area contributed by atoms with E-state index in [2.05, 4.69) is 20.1 Å². The second kappa shape index (κ2) is 5.93. The quantitative estimate of drug-likeness (QED) is 0.434. The highest BCUT2D eigenvalue weighted by molar-refractivity contribution is 4.90. The van der Waals surface area contributed by atoms with Gasteiger partial charge < -0.3 is 9.47 Å². The van der Waals surface area contributed by atoms with Gasteiger partial charge in [-0.3, -0.25) is 0 Å². The lowest BCUT2D eigenvalue weighted by molar-refractivity contribution is -0.192. The Morgan fingerprint density at radius 2 is 1.44 bits per heavy atom. The summed E-state index contributed by atoms with van der Waals surface area (Å²) in [7, 11) is 0. The molecule has 0 aromatic heterocycles. The third-order valence-corrected chi connectivity index (χ3v) is 3.41. The van der Waals surface area contributed by atoms with Crippen LogP contribution in [0, 0.1) is 0 Å². The second-order valence-electron chi connectivity index (χ2n) is 4.61. The lowest BCUT2D eigenvalue weighted by Crippen LogP contribution is -2.33. The normalized spacial score (nSPS) is 29.6. The van der Waals surface area contributed by atoms with Crippen LogP contribution in [0.25, 0.3) is 20.9 Å². The molecule has 0 aromatic rings. The van der Waals surface area contributed by atoms with Crippen LogP contribution < -0.4 is 0 Å². The van der Waals surface area contributed by atoms with Crippen molar-refractivity contribution in [3.8, 4) is 0 Å². The van der Waals surface area contributed by atoms with E-state index in [1.165, 1.54) is 6.42 Å². The van der Waals surface area contributed by atoms with Crippen LogP contribution in [0.4, 0.5) is 0 Å². The highest BCUT2D eigenvalue weighted by Crippen LogP contribution is 2.40. The fourth-order valence-electron chi connectivity index (χ4n) is 2.60. The van der Waals surface area contributed by atoms with Gasteiger partial charge in [0.05, 0.1) is 25.3 Å². The zero-order valence-corrected chi connectivity index (χ0v) is 10.1. The molecule has 1 saturated carbocycles. The topological polar surface area (TPSA) is 116 Å². The van der Waals surface area contributed by atoms with Gasteiger partial charge in [-0.05, 0) is 23.9 Å². The van der Waals surface area contributed by atoms with Crippen molar-refractivity contribution in [3.05, 3.63) is 20.9 Å². The Hall–Kier alpha value is -1.46. The molecule has 2 fully saturated rings. The van der Waals surface area contributed by atoms with Crippen LogP contribution in [0.3, 0.4) is 0 Å². The smallest absolute Gasteiger partial charge is 0.169 e. The van der Waals surface area contributed by atoms with Gasteiger partial charge in [-0.2, -0.15) is 0 Å². The lowest BCUT2D eigenvalue weighted by atomic mass is 9.94. The van der Waals surface area contributed by atoms with Crippen molar-refractivity contribution in [2.75, 3.05) is 13.1 Å². The molecule has 1 spiro atoms. The first kappa shape index (κ1) is 13.0. The number of azide groups is 2. The van der Waals surface area contributed by atoms with Gasteiger partial charge >= 0.3 is 0 Å². The largest absolute Gasteiger partial charge is 0.344 e. The highest BCUT2D eigenvalue weighted by Gasteiger charge is 2.47. The molecule has 0 bridgehead atoms. The van der Waals surface area contributed by atoms with Crippen molar-refractivity contribution in [2.45, 2.75) is 50.1 Å². The maximum atomic E-state index is 8.37. The zero-order valence-electron chi connectivity index (χ0n) is 10.1. The maximum Gasteiger partial charge on any atom is 0.169 e. The molecule has 2 aliphatic rings. The van der Waals surface area contributed by atoms with Crippen LogP contribution in [0.15, 0.2) is 10.2 Å². The summed E-state index contributed by atoms with van der Waals surface area (Å²) in [6.45, 7) is 0.424. The number of hydrogen-bond donors (Lipinski definition) is 0. The Labute approximate surface area is 105 Å². The van der Waals surface area contributed by atoms with Crippen LogP contribution in [0.1, 0.15) is 32.1 Å². The summed E-state index contributed by atoms with van der Waals surface area (Å²) in [6, 6.07) is 0. The minimum atomic E-state index is -0.552. The molecule has 1 aliphatic carbocycles. The Balaban J connectivity index is 2.05. The van der Waals surface area contributed by atoms with E-state index in [-0.39, 0.29) is 25.3 Å². The number of rotatable bonds is 4. The standard InChI is InChI=1S/C10H16N6O2/c11-15-13-6-8-9(7-14-16-12)18-10(17-8)4-2-1-3-5-10/h8-9H,1-7H2/t8-,9-/m0/s1. The first-order valence-electron chi connectivity index (χ1n) is 6.17. The molecule has 0 unspecified atom stereocenters. The lowest BCUT2D eigenvalue weighted by Gasteiger charge is -2.31. The summed E-state index contributed by atoms with van der Waals surface area (Å²) in [4.78, 5) is 5.47. The average molecular weight is 252 g/mol. The summed E-state index contributed by atoms with van der Waals surface area (Å²) in [6.07, 6.45) is 4.41. The molecule has 8 nitrogen and oxygen atoms in total. The summed E-state index contributed by atoms with van der Waals surface area (Å²) >= 11 is 0. The Morgan fingerprint density at radius 3 is 1.89 bits per heavy atom. The number of ether oxygens (including phenoxy) is 2. The van der Waals surface area contributed by atoms with Gasteiger partial charge in [0, 0.05) is 22.7 Å². The van der Waals surface area contributed by atoms with Gasteiger partial charge in [0.25, 0.3) is 0 Å². The summed E-state index contributed by atoms with van der Waals surface area (Å²) in [5, 5.41) is 7.06. The van der Waals surface area contributed by atoms with Crippen molar-refractivity contribution in [1.82, 2.24) is 0 Å². The molecule has 0 amide bonds. The van der Waals surface area contributed by atoms with Crippen LogP contribution in [-0.4, -0.2) is 31.1 Å². The molecule has 8 heteroatoms. The molecule has 2 atom stereocenters. The van der Waals surface area contributed by atoms with Crippen molar-refractivity contribution >= 4 is 0 Å². The second-order valence-corrected chi connectivity index (χ2v) is 4.61. The van der Waals surface area contributed by atoms with E-state index in [9.17, 15) is 0 Å². The average Bonchev–Trinajstić information content (AvgIpc) is 2.72. The van der Waals surface area contributed by atoms with Gasteiger partial charge in [0.1, 0.15) is 0 Å². The molecule has 2 rings (SSSR count). The fourth-order valence-corrected chi connectivity index (χ4v) is 2.60. The van der Waals surface area contributed by atoms with Crippen LogP contribution in [0.2, 0.25) is 0 Å². The molecule has 18 heavy (non-hydrogen) atoms. The summed E-state index contributed by atoms with van der Waals surface area (Å²) in [5.74, 6) is -0.552. The first-order valence-corrected chi connectivity index (χ1v) is 6.17. The monoisotopic (exact) mass is 252 g/mol. The van der Waals surface area contributed by atoms with Crippen molar-refractivity contribution in [1.29, 1.82) is 0 Å². The molecule has 0 aromatic carbocycles. The van der Waals surface area contributed by atoms with E-state index < -0.39 is 5.79 Å². The third kappa shape index (κ3) is 2.86. The van der Waals surface area contributed by atoms with E-state index in [1.807, 2.05) is 0 Å². The molecule has 0 radical (unpaired) electrons. The Morgan fingerprint density at radius 1 is 0.944 bits per heavy atom. The van der Waals surface area contributed by atoms with E-state index in [0.717, 1.165) is 25.7 Å². The third-order valence-electron chi connectivity index (χ3n) is 3.41. The summed E-state index contributed by atoms with van der Waals surface area (Å²) < 4.78 is 11.9. The fraction of sp³-hybridized carbons (Fsp3) is 1.00. The minimum absolute atomic E-state index is 0.212. The van der Waals surface area contributed by atoms with Crippen LogP contribution in [-0.2, 0) is 9.47 Å². The van der Waals surface area contributed by atoms with Gasteiger partial charge in [-0.1, -0.05) is 16.6 Å². The Kier molecular flexibility index (Phi) is 4.28. The molecule has 1 heterocycles. The molecule has 1 aliphatic heterocycles. The SMILES string of the molecule is [N-]=[N+]=NC[C@@H]1OC2(CCCCC2)O[C@H]1CN=[N+]=[N-]. The summed E-state index contributed by atoms with van der Waals surface area (Å²) in [5.41, 5.74) is 16.7. The predicted octanol–water partition coefficient (Wildman–Crippen LogP) is 3.05. The van der Waals surface area contributed by atoms with Gasteiger partial charge in [-0.15, -0.1) is 0 Å². The van der Waals surface area contributed by atoms with Crippen molar-refractivity contribution in [2.24, 2.45) is 10.2 Å². The molecule has 0 N–H and O–H groups in total. The van der Waals surface area contributed by atoms with E-state index in [4.69, 9.17) is 20.5 Å².